The molecule has 0 aliphatic rings. The van der Waals surface area contributed by atoms with Crippen molar-refractivity contribution in [3.05, 3.63) is 29.3 Å². The Morgan fingerprint density at radius 3 is 2.36 bits per heavy atom. The summed E-state index contributed by atoms with van der Waals surface area (Å²) in [7, 11) is 0. The lowest BCUT2D eigenvalue weighted by Crippen LogP contribution is -2.10. The maximum absolute atomic E-state index is 11.9. The first-order valence-corrected chi connectivity index (χ1v) is 5.14. The van der Waals surface area contributed by atoms with E-state index in [0.717, 1.165) is 22.9 Å². The zero-order valence-electron chi connectivity index (χ0n) is 7.98. The molecule has 0 saturated carbocycles. The van der Waals surface area contributed by atoms with Gasteiger partial charge in [-0.25, -0.2) is 0 Å². The van der Waals surface area contributed by atoms with Crippen LogP contribution in [0.25, 0.3) is 0 Å². The fraction of sp³-hybridized carbons (Fsp3) is 0.400. The lowest BCUT2D eigenvalue weighted by molar-refractivity contribution is -0.105. The monoisotopic (exact) mass is 220 g/mol. The van der Waals surface area contributed by atoms with Gasteiger partial charge in [0.15, 0.2) is 0 Å². The van der Waals surface area contributed by atoms with Crippen LogP contribution in [0.2, 0.25) is 0 Å². The van der Waals surface area contributed by atoms with E-state index in [2.05, 4.69) is 0 Å². The minimum atomic E-state index is -4.10. The van der Waals surface area contributed by atoms with Crippen molar-refractivity contribution in [3.8, 4) is 0 Å². The first-order chi connectivity index (χ1) is 6.38. The number of aryl methyl sites for hydroxylation is 2. The third kappa shape index (κ3) is 3.62. The number of hydrogen-bond donors (Lipinski definition) is 0. The Morgan fingerprint density at radius 1 is 1.21 bits per heavy atom. The third-order valence-corrected chi connectivity index (χ3v) is 2.96. The summed E-state index contributed by atoms with van der Waals surface area (Å²) in [6, 6.07) is 5.45. The van der Waals surface area contributed by atoms with E-state index in [0.29, 0.717) is 4.90 Å². The summed E-state index contributed by atoms with van der Waals surface area (Å²) >= 11 is 0.838. The van der Waals surface area contributed by atoms with Crippen LogP contribution in [0.4, 0.5) is 13.2 Å². The van der Waals surface area contributed by atoms with Crippen molar-refractivity contribution >= 4 is 11.8 Å². The second-order valence-corrected chi connectivity index (χ2v) is 4.19. The Kier molecular flexibility index (Phi) is 3.48. The van der Waals surface area contributed by atoms with Crippen molar-refractivity contribution in [3.63, 3.8) is 0 Å². The molecule has 0 N–H and O–H groups in total. The molecule has 0 nitrogen and oxygen atoms in total. The van der Waals surface area contributed by atoms with Gasteiger partial charge in [0.25, 0.3) is 0 Å². The maximum atomic E-state index is 11.9. The van der Waals surface area contributed by atoms with Gasteiger partial charge in [0.05, 0.1) is 5.75 Å². The van der Waals surface area contributed by atoms with Gasteiger partial charge in [-0.05, 0) is 25.5 Å². The standard InChI is InChI=1S/C10H11F3S/c1-7-3-4-9(8(2)5-7)14-6-10(11,12)13/h3-5H,6H2,1-2H3. The highest BCUT2D eigenvalue weighted by molar-refractivity contribution is 7.99. The summed E-state index contributed by atoms with van der Waals surface area (Å²) in [6.07, 6.45) is -4.10. The Morgan fingerprint density at radius 2 is 1.86 bits per heavy atom. The van der Waals surface area contributed by atoms with Crippen LogP contribution in [0.3, 0.4) is 0 Å². The van der Waals surface area contributed by atoms with Gasteiger partial charge in [-0.3, -0.25) is 0 Å². The molecule has 0 aliphatic carbocycles. The highest BCUT2D eigenvalue weighted by Gasteiger charge is 2.27. The van der Waals surface area contributed by atoms with Crippen molar-refractivity contribution in [2.75, 3.05) is 5.75 Å². The van der Waals surface area contributed by atoms with Gasteiger partial charge in [0.1, 0.15) is 0 Å². The van der Waals surface area contributed by atoms with Gasteiger partial charge >= 0.3 is 6.18 Å². The van der Waals surface area contributed by atoms with Crippen molar-refractivity contribution in [2.45, 2.75) is 24.9 Å². The average Bonchev–Trinajstić information content (AvgIpc) is 2.00. The van der Waals surface area contributed by atoms with Gasteiger partial charge in [-0.1, -0.05) is 17.7 Å². The molecule has 1 rings (SSSR count). The van der Waals surface area contributed by atoms with Crippen LogP contribution >= 0.6 is 11.8 Å². The highest BCUT2D eigenvalue weighted by atomic mass is 32.2. The largest absolute Gasteiger partial charge is 0.398 e. The van der Waals surface area contributed by atoms with E-state index in [4.69, 9.17) is 0 Å². The zero-order chi connectivity index (χ0) is 10.8. The van der Waals surface area contributed by atoms with Crippen LogP contribution in [0.5, 0.6) is 0 Å². The molecule has 0 bridgehead atoms. The van der Waals surface area contributed by atoms with Crippen molar-refractivity contribution < 1.29 is 13.2 Å². The van der Waals surface area contributed by atoms with Gasteiger partial charge in [0.2, 0.25) is 0 Å². The van der Waals surface area contributed by atoms with Gasteiger partial charge in [-0.2, -0.15) is 13.2 Å². The lowest BCUT2D eigenvalue weighted by atomic mass is 10.2. The number of rotatable bonds is 2. The molecule has 14 heavy (non-hydrogen) atoms. The molecule has 0 amide bonds. The van der Waals surface area contributed by atoms with E-state index in [1.807, 2.05) is 26.0 Å². The molecule has 0 spiro atoms. The van der Waals surface area contributed by atoms with Crippen LogP contribution in [-0.4, -0.2) is 11.9 Å². The molecule has 0 saturated heterocycles. The van der Waals surface area contributed by atoms with E-state index >= 15 is 0 Å². The smallest absolute Gasteiger partial charge is 0.170 e. The van der Waals surface area contributed by atoms with Gasteiger partial charge in [-0.15, -0.1) is 11.8 Å². The van der Waals surface area contributed by atoms with Crippen molar-refractivity contribution in [2.24, 2.45) is 0 Å². The fourth-order valence-electron chi connectivity index (χ4n) is 1.12. The van der Waals surface area contributed by atoms with E-state index in [1.165, 1.54) is 0 Å². The Balaban J connectivity index is 2.68. The number of benzene rings is 1. The van der Waals surface area contributed by atoms with Gasteiger partial charge in [0, 0.05) is 4.90 Å². The summed E-state index contributed by atoms with van der Waals surface area (Å²) in [5.41, 5.74) is 1.97. The van der Waals surface area contributed by atoms with Crippen LogP contribution < -0.4 is 0 Å². The Labute approximate surface area is 85.5 Å². The molecule has 1 aromatic rings. The molecule has 4 heteroatoms. The predicted molar refractivity (Wildman–Crippen MR) is 52.7 cm³/mol. The number of thioether (sulfide) groups is 1. The van der Waals surface area contributed by atoms with E-state index in [-0.39, 0.29) is 0 Å². The summed E-state index contributed by atoms with van der Waals surface area (Å²) in [4.78, 5) is 0.702. The summed E-state index contributed by atoms with van der Waals surface area (Å²) in [5.74, 6) is -0.823. The van der Waals surface area contributed by atoms with Crippen LogP contribution in [0, 0.1) is 13.8 Å². The molecule has 0 unspecified atom stereocenters. The van der Waals surface area contributed by atoms with E-state index < -0.39 is 11.9 Å². The second kappa shape index (κ2) is 4.26. The molecular weight excluding hydrogens is 209 g/mol. The third-order valence-electron chi connectivity index (χ3n) is 1.72. The topological polar surface area (TPSA) is 0 Å². The molecule has 0 aliphatic heterocycles. The molecule has 0 atom stereocenters. The zero-order valence-corrected chi connectivity index (χ0v) is 8.80. The van der Waals surface area contributed by atoms with Crippen LogP contribution in [0.1, 0.15) is 11.1 Å². The number of halogens is 3. The van der Waals surface area contributed by atoms with Crippen molar-refractivity contribution in [1.82, 2.24) is 0 Å². The van der Waals surface area contributed by atoms with E-state index in [1.54, 1.807) is 6.07 Å². The summed E-state index contributed by atoms with van der Waals surface area (Å²) in [5, 5.41) is 0. The average molecular weight is 220 g/mol. The molecule has 0 radical (unpaired) electrons. The van der Waals surface area contributed by atoms with E-state index in [9.17, 15) is 13.2 Å². The molecule has 1 aromatic carbocycles. The number of hydrogen-bond acceptors (Lipinski definition) is 1. The molecule has 0 fully saturated rings. The van der Waals surface area contributed by atoms with Crippen LogP contribution in [-0.2, 0) is 0 Å². The second-order valence-electron chi connectivity index (χ2n) is 3.17. The lowest BCUT2D eigenvalue weighted by Gasteiger charge is -2.08. The van der Waals surface area contributed by atoms with Gasteiger partial charge < -0.3 is 0 Å². The molecular formula is C10H11F3S. The molecule has 78 valence electrons. The van der Waals surface area contributed by atoms with Crippen molar-refractivity contribution in [1.29, 1.82) is 0 Å². The maximum Gasteiger partial charge on any atom is 0.398 e. The summed E-state index contributed by atoms with van der Waals surface area (Å²) < 4.78 is 35.8. The molecule has 0 aromatic heterocycles. The SMILES string of the molecule is Cc1ccc(SCC(F)(F)F)c(C)c1. The Hall–Kier alpha value is -0.640. The highest BCUT2D eigenvalue weighted by Crippen LogP contribution is 2.29. The first-order valence-electron chi connectivity index (χ1n) is 4.15. The molecule has 0 heterocycles. The number of alkyl halides is 3. The minimum Gasteiger partial charge on any atom is -0.170 e. The normalized spacial score (nSPS) is 11.8. The quantitative estimate of drug-likeness (QED) is 0.680. The predicted octanol–water partition coefficient (Wildman–Crippen LogP) is 3.96. The fourth-order valence-corrected chi connectivity index (χ4v) is 1.89. The summed E-state index contributed by atoms with van der Waals surface area (Å²) in [6.45, 7) is 3.75. The van der Waals surface area contributed by atoms with Crippen LogP contribution in [0.15, 0.2) is 23.1 Å². The minimum absolute atomic E-state index is 0.702. The Bertz CT molecular complexity index is 318. The first kappa shape index (κ1) is 11.4.